The molecular weight excluding hydrogens is 260 g/mol. The maximum atomic E-state index is 11.2. The highest BCUT2D eigenvalue weighted by Crippen LogP contribution is 2.23. The van der Waals surface area contributed by atoms with E-state index in [0.717, 1.165) is 0 Å². The fourth-order valence-electron chi connectivity index (χ4n) is 2.05. The van der Waals surface area contributed by atoms with E-state index in [1.54, 1.807) is 12.1 Å². The van der Waals surface area contributed by atoms with Gasteiger partial charge in [-0.1, -0.05) is 19.9 Å². The molecule has 20 heavy (non-hydrogen) atoms. The van der Waals surface area contributed by atoms with E-state index in [-0.39, 0.29) is 17.0 Å². The van der Waals surface area contributed by atoms with Crippen LogP contribution in [0.1, 0.15) is 46.2 Å². The molecule has 0 spiro atoms. The summed E-state index contributed by atoms with van der Waals surface area (Å²) >= 11 is 0. The van der Waals surface area contributed by atoms with Crippen molar-refractivity contribution in [2.45, 2.75) is 19.8 Å². The van der Waals surface area contributed by atoms with E-state index in [4.69, 9.17) is 5.11 Å². The molecule has 0 aliphatic carbocycles. The zero-order valence-corrected chi connectivity index (χ0v) is 11.1. The minimum absolute atomic E-state index is 0.0583. The maximum Gasteiger partial charge on any atom is 0.339 e. The van der Waals surface area contributed by atoms with Gasteiger partial charge in [0.05, 0.1) is 23.1 Å². The van der Waals surface area contributed by atoms with Crippen LogP contribution in [0.25, 0.3) is 5.69 Å². The lowest BCUT2D eigenvalue weighted by atomic mass is 10.1. The number of hydrogen-bond acceptors (Lipinski definition) is 3. The highest BCUT2D eigenvalue weighted by atomic mass is 16.4. The second kappa shape index (κ2) is 5.16. The first-order chi connectivity index (χ1) is 9.41. The number of aromatic nitrogens is 2. The summed E-state index contributed by atoms with van der Waals surface area (Å²) in [7, 11) is 0. The van der Waals surface area contributed by atoms with E-state index in [9.17, 15) is 14.7 Å². The van der Waals surface area contributed by atoms with E-state index >= 15 is 0 Å². The van der Waals surface area contributed by atoms with Crippen molar-refractivity contribution in [3.8, 4) is 5.69 Å². The van der Waals surface area contributed by atoms with Gasteiger partial charge in [-0.25, -0.2) is 14.3 Å². The van der Waals surface area contributed by atoms with Gasteiger partial charge in [-0.15, -0.1) is 0 Å². The van der Waals surface area contributed by atoms with Gasteiger partial charge in [-0.05, 0) is 24.1 Å². The average Bonchev–Trinajstić information content (AvgIpc) is 2.83. The summed E-state index contributed by atoms with van der Waals surface area (Å²) in [5, 5.41) is 22.2. The Hall–Kier alpha value is -2.63. The molecule has 1 aromatic carbocycles. The number of aromatic carboxylic acids is 2. The van der Waals surface area contributed by atoms with Gasteiger partial charge in [-0.3, -0.25) is 0 Å². The Labute approximate surface area is 115 Å². The van der Waals surface area contributed by atoms with Crippen LogP contribution in [0.5, 0.6) is 0 Å². The lowest BCUT2D eigenvalue weighted by Crippen LogP contribution is -2.09. The van der Waals surface area contributed by atoms with Gasteiger partial charge in [0.2, 0.25) is 0 Å². The van der Waals surface area contributed by atoms with Crippen molar-refractivity contribution in [3.05, 3.63) is 47.3 Å². The first-order valence-electron chi connectivity index (χ1n) is 6.06. The van der Waals surface area contributed by atoms with Gasteiger partial charge in [0, 0.05) is 0 Å². The molecule has 0 fully saturated rings. The van der Waals surface area contributed by atoms with Crippen LogP contribution in [0, 0.1) is 0 Å². The van der Waals surface area contributed by atoms with Crippen LogP contribution in [-0.2, 0) is 0 Å². The molecule has 2 aromatic rings. The van der Waals surface area contributed by atoms with Gasteiger partial charge < -0.3 is 10.2 Å². The highest BCUT2D eigenvalue weighted by Gasteiger charge is 2.20. The molecule has 0 unspecified atom stereocenters. The molecule has 1 heterocycles. The first kappa shape index (κ1) is 13.8. The zero-order valence-electron chi connectivity index (χ0n) is 11.1. The Kier molecular flexibility index (Phi) is 3.56. The predicted molar refractivity (Wildman–Crippen MR) is 71.6 cm³/mol. The summed E-state index contributed by atoms with van der Waals surface area (Å²) in [6.45, 7) is 3.72. The molecule has 6 nitrogen and oxygen atoms in total. The van der Waals surface area contributed by atoms with Crippen LogP contribution >= 0.6 is 0 Å². The Balaban J connectivity index is 2.61. The van der Waals surface area contributed by atoms with Crippen LogP contribution < -0.4 is 0 Å². The summed E-state index contributed by atoms with van der Waals surface area (Å²) in [4.78, 5) is 22.2. The standard InChI is InChI=1S/C14H14N2O4/c1-8(2)12-11(14(19)20)7-15-16(12)10-5-3-4-9(6-10)13(17)18/h3-8H,1-2H3,(H,17,18)(H,19,20). The van der Waals surface area contributed by atoms with Crippen molar-refractivity contribution in [2.75, 3.05) is 0 Å². The zero-order chi connectivity index (χ0) is 14.9. The molecule has 0 radical (unpaired) electrons. The number of carbonyl (C=O) groups is 2. The molecule has 0 atom stereocenters. The molecule has 0 saturated heterocycles. The molecule has 6 heteroatoms. The molecule has 0 bridgehead atoms. The number of hydrogen-bond donors (Lipinski definition) is 2. The molecule has 2 N–H and O–H groups in total. The SMILES string of the molecule is CC(C)c1c(C(=O)O)cnn1-c1cccc(C(=O)O)c1. The highest BCUT2D eigenvalue weighted by molar-refractivity contribution is 5.89. The molecule has 0 saturated carbocycles. The summed E-state index contributed by atoms with van der Waals surface area (Å²) < 4.78 is 1.47. The van der Waals surface area contributed by atoms with Crippen LogP contribution in [0.3, 0.4) is 0 Å². The van der Waals surface area contributed by atoms with Crippen LogP contribution in [-0.4, -0.2) is 31.9 Å². The summed E-state index contributed by atoms with van der Waals surface area (Å²) in [6, 6.07) is 6.23. The van der Waals surface area contributed by atoms with Gasteiger partial charge in [0.1, 0.15) is 5.56 Å². The van der Waals surface area contributed by atoms with E-state index in [0.29, 0.717) is 11.4 Å². The van der Waals surface area contributed by atoms with Crippen molar-refractivity contribution < 1.29 is 19.8 Å². The van der Waals surface area contributed by atoms with Gasteiger partial charge >= 0.3 is 11.9 Å². The van der Waals surface area contributed by atoms with E-state index in [1.165, 1.54) is 23.0 Å². The largest absolute Gasteiger partial charge is 0.478 e. The predicted octanol–water partition coefficient (Wildman–Crippen LogP) is 2.39. The number of nitrogens with zero attached hydrogens (tertiary/aromatic N) is 2. The molecule has 104 valence electrons. The Morgan fingerprint density at radius 3 is 2.45 bits per heavy atom. The molecular formula is C14H14N2O4. The lowest BCUT2D eigenvalue weighted by Gasteiger charge is -2.12. The van der Waals surface area contributed by atoms with Crippen molar-refractivity contribution in [2.24, 2.45) is 0 Å². The molecule has 2 rings (SSSR count). The van der Waals surface area contributed by atoms with Crippen molar-refractivity contribution in [1.82, 2.24) is 9.78 Å². The maximum absolute atomic E-state index is 11.2. The molecule has 0 aliphatic rings. The van der Waals surface area contributed by atoms with Crippen molar-refractivity contribution >= 4 is 11.9 Å². The fraction of sp³-hybridized carbons (Fsp3) is 0.214. The molecule has 0 amide bonds. The Morgan fingerprint density at radius 1 is 1.20 bits per heavy atom. The first-order valence-corrected chi connectivity index (χ1v) is 6.06. The Bertz CT molecular complexity index is 674. The summed E-state index contributed by atoms with van der Waals surface area (Å²) in [6.07, 6.45) is 1.28. The third-order valence-corrected chi connectivity index (χ3v) is 2.92. The number of carboxylic acid groups (broad SMARTS) is 2. The third kappa shape index (κ3) is 2.40. The molecule has 0 aliphatic heterocycles. The quantitative estimate of drug-likeness (QED) is 0.893. The summed E-state index contributed by atoms with van der Waals surface area (Å²) in [5.74, 6) is -2.14. The van der Waals surface area contributed by atoms with Crippen LogP contribution in [0.15, 0.2) is 30.5 Å². The topological polar surface area (TPSA) is 92.4 Å². The third-order valence-electron chi connectivity index (χ3n) is 2.92. The number of carboxylic acids is 2. The van der Waals surface area contributed by atoms with Crippen molar-refractivity contribution in [3.63, 3.8) is 0 Å². The van der Waals surface area contributed by atoms with Gasteiger partial charge in [0.25, 0.3) is 0 Å². The second-order valence-corrected chi connectivity index (χ2v) is 4.67. The van der Waals surface area contributed by atoms with Crippen molar-refractivity contribution in [1.29, 1.82) is 0 Å². The smallest absolute Gasteiger partial charge is 0.339 e. The Morgan fingerprint density at radius 2 is 1.90 bits per heavy atom. The monoisotopic (exact) mass is 274 g/mol. The minimum atomic E-state index is -1.05. The average molecular weight is 274 g/mol. The van der Waals surface area contributed by atoms with Gasteiger partial charge in [-0.2, -0.15) is 5.10 Å². The molecule has 1 aromatic heterocycles. The van der Waals surface area contributed by atoms with E-state index in [2.05, 4.69) is 5.10 Å². The second-order valence-electron chi connectivity index (χ2n) is 4.67. The minimum Gasteiger partial charge on any atom is -0.478 e. The lowest BCUT2D eigenvalue weighted by molar-refractivity contribution is 0.0685. The summed E-state index contributed by atoms with van der Waals surface area (Å²) in [5.41, 5.74) is 1.33. The number of rotatable bonds is 4. The van der Waals surface area contributed by atoms with E-state index in [1.807, 2.05) is 13.8 Å². The fourth-order valence-corrected chi connectivity index (χ4v) is 2.05. The number of benzene rings is 1. The van der Waals surface area contributed by atoms with Gasteiger partial charge in [0.15, 0.2) is 0 Å². The van der Waals surface area contributed by atoms with Crippen LogP contribution in [0.2, 0.25) is 0 Å². The van der Waals surface area contributed by atoms with Crippen LogP contribution in [0.4, 0.5) is 0 Å². The van der Waals surface area contributed by atoms with E-state index < -0.39 is 11.9 Å². The normalized spacial score (nSPS) is 10.8.